The Bertz CT molecular complexity index is 2080. The van der Waals surface area contributed by atoms with Gasteiger partial charge in [-0.25, -0.2) is 19.1 Å². The van der Waals surface area contributed by atoms with Gasteiger partial charge in [-0.3, -0.25) is 19.3 Å². The molecule has 3 aliphatic rings. The largest absolute Gasteiger partial charge is 0.507 e. The lowest BCUT2D eigenvalue weighted by Crippen LogP contribution is -2.73. The number of aliphatic hydroxyl groups is 1. The fourth-order valence-electron chi connectivity index (χ4n) is 6.01. The highest BCUT2D eigenvalue weighted by atomic mass is 16.5. The molecule has 3 heterocycles. The monoisotopic (exact) mass is 575 g/mol. The van der Waals surface area contributed by atoms with Gasteiger partial charge < -0.3 is 9.84 Å². The minimum Gasteiger partial charge on any atom is -0.507 e. The van der Waals surface area contributed by atoms with E-state index in [4.69, 9.17) is 4.74 Å². The van der Waals surface area contributed by atoms with E-state index >= 15 is 0 Å². The second kappa shape index (κ2) is 9.35. The molecule has 4 aromatic rings. The van der Waals surface area contributed by atoms with Gasteiger partial charge in [0.05, 0.1) is 29.7 Å². The zero-order valence-electron chi connectivity index (χ0n) is 23.0. The first-order valence-electron chi connectivity index (χ1n) is 13.4. The van der Waals surface area contributed by atoms with Crippen molar-refractivity contribution < 1.29 is 29.2 Å². The zero-order chi connectivity index (χ0) is 30.2. The van der Waals surface area contributed by atoms with Crippen LogP contribution in [0.15, 0.2) is 88.0 Å². The number of hydrogen-bond acceptors (Lipinski definition) is 7. The summed E-state index contributed by atoms with van der Waals surface area (Å²) in [4.78, 5) is 68.4. The van der Waals surface area contributed by atoms with Gasteiger partial charge >= 0.3 is 11.7 Å². The molecule has 7 rings (SSSR count). The molecule has 1 atom stereocenters. The molecule has 11 heteroatoms. The van der Waals surface area contributed by atoms with Crippen LogP contribution in [-0.2, 0) is 18.9 Å². The smallest absolute Gasteiger partial charge is 0.417 e. The molecule has 0 saturated heterocycles. The highest BCUT2D eigenvalue weighted by molar-refractivity contribution is 6.22. The molecule has 0 saturated carbocycles. The molecule has 1 aliphatic carbocycles. The van der Waals surface area contributed by atoms with Crippen LogP contribution in [0.2, 0.25) is 0 Å². The van der Waals surface area contributed by atoms with E-state index in [-0.39, 0.29) is 28.2 Å². The molecule has 2 N–H and O–H groups in total. The minimum atomic E-state index is -0.805. The maximum atomic E-state index is 13.5. The predicted molar refractivity (Wildman–Crippen MR) is 153 cm³/mol. The molecule has 43 heavy (non-hydrogen) atoms. The number of carbonyl (C=O) groups excluding carboxylic acids is 3. The third kappa shape index (κ3) is 3.74. The molecular weight excluding hydrogens is 552 g/mol. The van der Waals surface area contributed by atoms with Crippen LogP contribution < -0.4 is 21.0 Å². The normalized spacial score (nSPS) is 16.5. The Morgan fingerprint density at radius 1 is 0.814 bits per heavy atom. The number of benzene rings is 3. The minimum absolute atomic E-state index is 0.0149. The summed E-state index contributed by atoms with van der Waals surface area (Å²) in [5, 5.41) is 11.3. The lowest BCUT2D eigenvalue weighted by Gasteiger charge is -2.24. The number of imide groups is 1. The Labute approximate surface area is 243 Å². The molecule has 1 aromatic heterocycles. The van der Waals surface area contributed by atoms with Gasteiger partial charge in [0.2, 0.25) is 0 Å². The SMILES string of the molecule is Cn1c2c(c(=O)n(C)c1=O)C(c1ccc(OC(=O)CN3C(=O)c4ccccc4C3=O)cc1)C1=C(O)c3ccccc3C1=[NH+]2. The lowest BCUT2D eigenvalue weighted by molar-refractivity contribution is -0.364. The highest BCUT2D eigenvalue weighted by Gasteiger charge is 2.44. The molecule has 0 fully saturated rings. The second-order valence-electron chi connectivity index (χ2n) is 10.5. The first kappa shape index (κ1) is 26.1. The van der Waals surface area contributed by atoms with Crippen LogP contribution in [0.1, 0.15) is 48.9 Å². The molecule has 3 aromatic carbocycles. The van der Waals surface area contributed by atoms with Crippen LogP contribution in [0.25, 0.3) is 5.76 Å². The Kier molecular flexibility index (Phi) is 5.67. The van der Waals surface area contributed by atoms with Gasteiger partial charge in [0.25, 0.3) is 23.2 Å². The predicted octanol–water partition coefficient (Wildman–Crippen LogP) is 0.915. The molecule has 0 radical (unpaired) electrons. The number of ether oxygens (including phenoxy) is 1. The van der Waals surface area contributed by atoms with E-state index in [1.165, 1.54) is 35.9 Å². The van der Waals surface area contributed by atoms with Crippen LogP contribution in [0, 0.1) is 0 Å². The Balaban J connectivity index is 1.23. The highest BCUT2D eigenvalue weighted by Crippen LogP contribution is 2.43. The van der Waals surface area contributed by atoms with Gasteiger partial charge in [0.15, 0.2) is 0 Å². The average molecular weight is 576 g/mol. The number of aromatic nitrogens is 2. The van der Waals surface area contributed by atoms with Crippen molar-refractivity contribution in [3.63, 3.8) is 0 Å². The Morgan fingerprint density at radius 3 is 2.02 bits per heavy atom. The molecule has 1 unspecified atom stereocenters. The lowest BCUT2D eigenvalue weighted by atomic mass is 9.81. The quantitative estimate of drug-likeness (QED) is 0.209. The average Bonchev–Trinajstić information content (AvgIpc) is 3.44. The van der Waals surface area contributed by atoms with E-state index in [0.717, 1.165) is 15.0 Å². The summed E-state index contributed by atoms with van der Waals surface area (Å²) in [5.74, 6) is -2.20. The molecule has 0 bridgehead atoms. The number of aliphatic hydroxyl groups excluding tert-OH is 1. The zero-order valence-corrected chi connectivity index (χ0v) is 23.0. The molecule has 2 amide bonds. The summed E-state index contributed by atoms with van der Waals surface area (Å²) in [7, 11) is 2.97. The van der Waals surface area contributed by atoms with Crippen molar-refractivity contribution in [1.82, 2.24) is 14.0 Å². The summed E-state index contributed by atoms with van der Waals surface area (Å²) in [6.07, 6.45) is 0. The maximum Gasteiger partial charge on any atom is 0.417 e. The van der Waals surface area contributed by atoms with Gasteiger partial charge in [0.1, 0.15) is 29.3 Å². The van der Waals surface area contributed by atoms with E-state index in [2.05, 4.69) is 4.99 Å². The third-order valence-corrected chi connectivity index (χ3v) is 8.11. The van der Waals surface area contributed by atoms with E-state index < -0.39 is 41.5 Å². The molecular formula is C32H23N4O7+. The van der Waals surface area contributed by atoms with Gasteiger partial charge in [-0.2, -0.15) is 4.57 Å². The van der Waals surface area contributed by atoms with Crippen molar-refractivity contribution in [2.75, 3.05) is 6.54 Å². The molecule has 2 aliphatic heterocycles. The van der Waals surface area contributed by atoms with Crippen LogP contribution in [0.5, 0.6) is 5.75 Å². The molecule has 11 nitrogen and oxygen atoms in total. The number of fused-ring (bicyclic) bond motifs is 5. The van der Waals surface area contributed by atoms with Crippen molar-refractivity contribution in [2.24, 2.45) is 14.1 Å². The fraction of sp³-hybridized carbons (Fsp3) is 0.125. The summed E-state index contributed by atoms with van der Waals surface area (Å²) >= 11 is 0. The van der Waals surface area contributed by atoms with Gasteiger partial charge in [0, 0.05) is 18.2 Å². The summed E-state index contributed by atoms with van der Waals surface area (Å²) in [6.45, 7) is -0.558. The second-order valence-corrected chi connectivity index (χ2v) is 10.5. The van der Waals surface area contributed by atoms with Crippen molar-refractivity contribution in [3.8, 4) is 5.75 Å². The van der Waals surface area contributed by atoms with Crippen molar-refractivity contribution >= 4 is 35.1 Å². The van der Waals surface area contributed by atoms with Crippen molar-refractivity contribution in [3.05, 3.63) is 133 Å². The first-order chi connectivity index (χ1) is 20.7. The van der Waals surface area contributed by atoms with Crippen LogP contribution >= 0.6 is 0 Å². The van der Waals surface area contributed by atoms with Crippen LogP contribution in [-0.4, -0.2) is 49.2 Å². The standard InChI is InChI=1S/C32H22N4O7/c1-34-28-25(31(41)35(2)32(34)42)23(24-26(33-28)18-7-3-4-8-19(18)27(24)38)16-11-13-17(14-12-16)43-22(37)15-36-29(39)20-9-5-6-10-21(20)30(36)40/h3-14,23,38H,15H2,1-2H3/p+1. The van der Waals surface area contributed by atoms with Crippen molar-refractivity contribution in [1.29, 1.82) is 0 Å². The number of rotatable bonds is 4. The Hall–Kier alpha value is -5.84. The van der Waals surface area contributed by atoms with Crippen molar-refractivity contribution in [2.45, 2.75) is 5.92 Å². The van der Waals surface area contributed by atoms with E-state index in [1.807, 2.05) is 12.1 Å². The molecule has 212 valence electrons. The molecule has 0 spiro atoms. The van der Waals surface area contributed by atoms with Gasteiger partial charge in [-0.05, 0) is 35.9 Å². The topological polar surface area (TPSA) is 142 Å². The number of nitrogens with zero attached hydrogens (tertiary/aromatic N) is 3. The number of amides is 2. The third-order valence-electron chi connectivity index (χ3n) is 8.11. The summed E-state index contributed by atoms with van der Waals surface area (Å²) < 4.78 is 7.83. The fourth-order valence-corrected chi connectivity index (χ4v) is 6.01. The van der Waals surface area contributed by atoms with E-state index in [0.29, 0.717) is 28.2 Å². The number of carbonyl (C=O) groups is 3. The number of esters is 1. The van der Waals surface area contributed by atoms with E-state index in [9.17, 15) is 29.1 Å². The summed E-state index contributed by atoms with van der Waals surface area (Å²) in [5.41, 5.74) is 2.74. The van der Waals surface area contributed by atoms with Crippen LogP contribution in [0.3, 0.4) is 0 Å². The number of allylic oxidation sites excluding steroid dienone is 1. The number of hydrogen-bond donors (Lipinski definition) is 2. The van der Waals surface area contributed by atoms with Gasteiger partial charge in [-0.15, -0.1) is 0 Å². The number of nitrogens with one attached hydrogen (secondary N) is 1. The van der Waals surface area contributed by atoms with E-state index in [1.54, 1.807) is 43.4 Å². The Morgan fingerprint density at radius 2 is 1.40 bits per heavy atom. The first-order valence-corrected chi connectivity index (χ1v) is 13.4. The maximum absolute atomic E-state index is 13.5. The van der Waals surface area contributed by atoms with Gasteiger partial charge in [-0.1, -0.05) is 42.5 Å². The summed E-state index contributed by atoms with van der Waals surface area (Å²) in [6, 6.07) is 20.0. The van der Waals surface area contributed by atoms with Crippen LogP contribution in [0.4, 0.5) is 5.82 Å².